The van der Waals surface area contributed by atoms with E-state index in [-0.39, 0.29) is 115 Å². The van der Waals surface area contributed by atoms with Crippen molar-refractivity contribution in [3.63, 3.8) is 0 Å². The Bertz CT molecular complexity index is 1840. The van der Waals surface area contributed by atoms with E-state index in [1.165, 1.54) is 86.5 Å². The third kappa shape index (κ3) is 46.2. The van der Waals surface area contributed by atoms with Crippen LogP contribution >= 0.6 is 0 Å². The Labute approximate surface area is 494 Å². The molecule has 0 aliphatic carbocycles. The first-order valence-corrected chi connectivity index (χ1v) is 32.4. The van der Waals surface area contributed by atoms with Gasteiger partial charge in [-0.25, -0.2) is 17.8 Å². The number of aromatic nitrogens is 2. The largest absolute Gasteiger partial charge is 0.741 e. The normalized spacial score (nSPS) is 11.5. The van der Waals surface area contributed by atoms with E-state index in [1.54, 1.807) is 30.3 Å². The summed E-state index contributed by atoms with van der Waals surface area (Å²) in [6.45, 7) is 7.80. The van der Waals surface area contributed by atoms with Crippen molar-refractivity contribution in [2.75, 3.05) is 52.7 Å². The van der Waals surface area contributed by atoms with Crippen LogP contribution in [0, 0.1) is 11.8 Å². The lowest BCUT2D eigenvalue weighted by molar-refractivity contribution is -0.670. The minimum Gasteiger partial charge on any atom is -0.741 e. The molecule has 0 spiro atoms. The molecule has 0 saturated carbocycles. The molecule has 83 heavy (non-hydrogen) atoms. The highest BCUT2D eigenvalue weighted by molar-refractivity contribution is 7.86. The van der Waals surface area contributed by atoms with Gasteiger partial charge in [-0.1, -0.05) is 182 Å². The number of carbonyl (C=O) groups is 7. The molecule has 0 radical (unpaired) electrons. The summed E-state index contributed by atoms with van der Waals surface area (Å²) in [5.74, 6) is -3.95. The number of rotatable bonds is 50. The van der Waals surface area contributed by atoms with Crippen LogP contribution in [-0.4, -0.2) is 123 Å². The molecule has 0 unspecified atom stereocenters. The van der Waals surface area contributed by atoms with Crippen LogP contribution in [0.25, 0.3) is 0 Å². The number of unbranched alkanes of at least 4 members (excludes halogenated alkanes) is 24. The molecule has 1 amide bonds. The van der Waals surface area contributed by atoms with Gasteiger partial charge in [0.05, 0.1) is 59.4 Å². The standard InChI is InChI=1S/C59H104N3O13.CHF3O3S/c1-6-10-14-18-22-26-30-34-53(63)72-46-51(47-73-54(64)35-31-27-23-19-15-11-7-2)44-57(67)70-42-40-61(59(69)62-39-38-60(5)50-62)41-43-71-58(68)45-52(48-74-55(65)36-32-28-24-20-16-12-8-3)49-75-56(66)37-33-29-25-21-17-13-9-4;2-1(3,4)8(5,6)7/h38-39,50-52H,6-37,40-49H2,1-5H3;(H,5,6,7)/q+1;/p-1. The summed E-state index contributed by atoms with van der Waals surface area (Å²) in [4.78, 5) is 92.3. The minimum absolute atomic E-state index is 0.0401. The van der Waals surface area contributed by atoms with Gasteiger partial charge in [0.15, 0.2) is 10.1 Å². The molecule has 1 aromatic heterocycles. The van der Waals surface area contributed by atoms with E-state index in [4.69, 9.17) is 41.4 Å². The number of esters is 6. The molecular formula is C60H104F3N3O16S. The molecule has 0 N–H and O–H groups in total. The zero-order valence-corrected chi connectivity index (χ0v) is 51.8. The van der Waals surface area contributed by atoms with Crippen molar-refractivity contribution in [2.45, 2.75) is 252 Å². The van der Waals surface area contributed by atoms with Crippen molar-refractivity contribution in [1.82, 2.24) is 9.47 Å². The Morgan fingerprint density at radius 1 is 0.470 bits per heavy atom. The number of alkyl halides is 3. The first-order valence-electron chi connectivity index (χ1n) is 30.9. The van der Waals surface area contributed by atoms with Gasteiger partial charge in [-0.05, 0) is 25.7 Å². The average molecular weight is 1210 g/mol. The molecule has 0 bridgehead atoms. The Morgan fingerprint density at radius 2 is 0.735 bits per heavy atom. The molecule has 0 aliphatic heterocycles. The van der Waals surface area contributed by atoms with Gasteiger partial charge in [0.25, 0.3) is 6.33 Å². The smallest absolute Gasteiger partial charge is 0.485 e. The maximum absolute atomic E-state index is 13.7. The highest BCUT2D eigenvalue weighted by Gasteiger charge is 2.37. The van der Waals surface area contributed by atoms with E-state index in [2.05, 4.69) is 27.7 Å². The van der Waals surface area contributed by atoms with Crippen LogP contribution in [-0.2, 0) is 74.4 Å². The number of hydrogen-bond acceptors (Lipinski definition) is 16. The third-order valence-corrected chi connectivity index (χ3v) is 14.1. The topological polar surface area (TPSA) is 244 Å². The zero-order chi connectivity index (χ0) is 62.0. The number of halogens is 3. The summed E-state index contributed by atoms with van der Waals surface area (Å²) in [5, 5.41) is 0. The summed E-state index contributed by atoms with van der Waals surface area (Å²) in [7, 11) is -4.32. The van der Waals surface area contributed by atoms with Crippen LogP contribution < -0.4 is 4.57 Å². The molecule has 0 aliphatic rings. The van der Waals surface area contributed by atoms with Crippen LogP contribution in [0.1, 0.15) is 246 Å². The Balaban J connectivity index is 0.00000776. The molecule has 0 saturated heterocycles. The van der Waals surface area contributed by atoms with Crippen molar-refractivity contribution in [1.29, 1.82) is 0 Å². The Morgan fingerprint density at radius 3 is 0.976 bits per heavy atom. The maximum Gasteiger partial charge on any atom is 0.485 e. The fourth-order valence-electron chi connectivity index (χ4n) is 8.53. The molecule has 19 nitrogen and oxygen atoms in total. The first kappa shape index (κ1) is 78.2. The number of hydrogen-bond donors (Lipinski definition) is 0. The van der Waals surface area contributed by atoms with Crippen molar-refractivity contribution < 1.29 is 92.7 Å². The second-order valence-electron chi connectivity index (χ2n) is 21.5. The van der Waals surface area contributed by atoms with E-state index in [9.17, 15) is 46.7 Å². The first-order chi connectivity index (χ1) is 39.7. The maximum atomic E-state index is 13.7. The van der Waals surface area contributed by atoms with E-state index < -0.39 is 45.4 Å². The lowest BCUT2D eigenvalue weighted by atomic mass is 10.1. The summed E-state index contributed by atoms with van der Waals surface area (Å²) in [5.41, 5.74) is -5.65. The third-order valence-electron chi connectivity index (χ3n) is 13.6. The zero-order valence-electron chi connectivity index (χ0n) is 51.0. The highest BCUT2D eigenvalue weighted by atomic mass is 32.2. The van der Waals surface area contributed by atoms with Crippen molar-refractivity contribution >= 4 is 52.0 Å². The monoisotopic (exact) mass is 1210 g/mol. The summed E-state index contributed by atoms with van der Waals surface area (Å²) < 4.78 is 95.4. The van der Waals surface area contributed by atoms with Crippen molar-refractivity contribution in [3.8, 4) is 0 Å². The molecule has 482 valence electrons. The van der Waals surface area contributed by atoms with Gasteiger partial charge in [0, 0.05) is 37.5 Å². The summed E-state index contributed by atoms with van der Waals surface area (Å²) >= 11 is 0. The van der Waals surface area contributed by atoms with Crippen LogP contribution in [0.4, 0.5) is 18.0 Å². The quantitative estimate of drug-likeness (QED) is 0.0147. The Hall–Kier alpha value is -4.80. The second kappa shape index (κ2) is 50.5. The molecule has 0 aromatic carbocycles. The molecule has 1 heterocycles. The van der Waals surface area contributed by atoms with Crippen LogP contribution in [0.3, 0.4) is 0 Å². The van der Waals surface area contributed by atoms with Gasteiger partial charge in [0.1, 0.15) is 25.6 Å². The molecule has 1 aromatic rings. The number of aryl methyl sites for hydroxylation is 1. The number of ether oxygens (including phenoxy) is 6. The summed E-state index contributed by atoms with van der Waals surface area (Å²) in [6.07, 6.45) is 35.3. The van der Waals surface area contributed by atoms with E-state index in [1.807, 2.05) is 0 Å². The number of carbonyl (C=O) groups excluding carboxylic acids is 7. The fourth-order valence-corrected chi connectivity index (χ4v) is 8.53. The predicted molar refractivity (Wildman–Crippen MR) is 306 cm³/mol. The lowest BCUT2D eigenvalue weighted by Crippen LogP contribution is -2.40. The van der Waals surface area contributed by atoms with Crippen LogP contribution in [0.15, 0.2) is 18.7 Å². The molecule has 0 fully saturated rings. The van der Waals surface area contributed by atoms with Crippen molar-refractivity contribution in [3.05, 3.63) is 18.7 Å². The SMILES string of the molecule is CCCCCCCCCC(=O)OCC(COC(=O)CCCCCCCCC)CC(=O)OCCN(CCOC(=O)CC(COC(=O)CCCCCCCCC)COC(=O)CCCCCCCCC)C(=O)n1cc[n+](C)c1.O=S(=O)([O-])C(F)(F)F. The molecule has 23 heteroatoms. The van der Waals surface area contributed by atoms with Crippen molar-refractivity contribution in [2.24, 2.45) is 18.9 Å². The van der Waals surface area contributed by atoms with E-state index in [0.717, 1.165) is 77.0 Å². The second-order valence-corrected chi connectivity index (χ2v) is 22.8. The molecule has 1 rings (SSSR count). The van der Waals surface area contributed by atoms with Gasteiger partial charge in [-0.15, -0.1) is 0 Å². The molecular weight excluding hydrogens is 1110 g/mol. The summed E-state index contributed by atoms with van der Waals surface area (Å²) in [6, 6.07) is -0.445. The number of amides is 1. The highest BCUT2D eigenvalue weighted by Crippen LogP contribution is 2.21. The predicted octanol–water partition coefficient (Wildman–Crippen LogP) is 12.5. The van der Waals surface area contributed by atoms with Crippen LogP contribution in [0.2, 0.25) is 0 Å². The van der Waals surface area contributed by atoms with E-state index >= 15 is 0 Å². The molecule has 0 atom stereocenters. The van der Waals surface area contributed by atoms with Gasteiger partial charge >= 0.3 is 47.4 Å². The fraction of sp³-hybridized carbons (Fsp3) is 0.833. The lowest BCUT2D eigenvalue weighted by Gasteiger charge is -2.21. The van der Waals surface area contributed by atoms with Gasteiger partial charge < -0.3 is 33.0 Å². The van der Waals surface area contributed by atoms with Gasteiger partial charge in [-0.3, -0.25) is 33.7 Å². The van der Waals surface area contributed by atoms with Crippen LogP contribution in [0.5, 0.6) is 0 Å². The van der Waals surface area contributed by atoms with E-state index in [0.29, 0.717) is 25.7 Å². The Kier molecular flexibility index (Phi) is 47.6. The minimum atomic E-state index is -6.09. The van der Waals surface area contributed by atoms with Gasteiger partial charge in [0.2, 0.25) is 0 Å². The number of nitrogens with zero attached hydrogens (tertiary/aromatic N) is 3. The average Bonchev–Trinajstić information content (AvgIpc) is 4.04. The van der Waals surface area contributed by atoms with Gasteiger partial charge in [-0.2, -0.15) is 17.7 Å². The number of imidazole rings is 1.